The molecule has 5 heteroatoms. The fourth-order valence-corrected chi connectivity index (χ4v) is 1.47. The molecule has 0 aliphatic heterocycles. The van der Waals surface area contributed by atoms with Gasteiger partial charge < -0.3 is 10.1 Å². The lowest BCUT2D eigenvalue weighted by Crippen LogP contribution is -2.19. The molecule has 0 atom stereocenters. The molecule has 0 aliphatic carbocycles. The van der Waals surface area contributed by atoms with E-state index >= 15 is 0 Å². The maximum Gasteiger partial charge on any atom is 0.217 e. The summed E-state index contributed by atoms with van der Waals surface area (Å²) in [6.45, 7) is 1.79. The molecule has 4 nitrogen and oxygen atoms in total. The van der Waals surface area contributed by atoms with Crippen molar-refractivity contribution in [3.8, 4) is 11.5 Å². The lowest BCUT2D eigenvalue weighted by atomic mass is 10.3. The van der Waals surface area contributed by atoms with Gasteiger partial charge in [-0.25, -0.2) is 4.39 Å². The first kappa shape index (κ1) is 13.0. The molecule has 1 N–H and O–H groups in total. The predicted octanol–water partition coefficient (Wildman–Crippen LogP) is 2.65. The molecule has 19 heavy (non-hydrogen) atoms. The quantitative estimate of drug-likeness (QED) is 0.919. The van der Waals surface area contributed by atoms with E-state index in [-0.39, 0.29) is 11.7 Å². The summed E-state index contributed by atoms with van der Waals surface area (Å²) < 4.78 is 18.3. The first-order valence-electron chi connectivity index (χ1n) is 5.76. The van der Waals surface area contributed by atoms with E-state index in [4.69, 9.17) is 4.74 Å². The molecular weight excluding hydrogens is 247 g/mol. The highest BCUT2D eigenvalue weighted by molar-refractivity contribution is 5.72. The van der Waals surface area contributed by atoms with Crippen LogP contribution in [0.1, 0.15) is 12.6 Å². The van der Waals surface area contributed by atoms with E-state index in [0.29, 0.717) is 23.7 Å². The number of carbonyl (C=O) groups is 1. The van der Waals surface area contributed by atoms with Gasteiger partial charge in [0.2, 0.25) is 5.91 Å². The SMILES string of the molecule is CC(=O)NCc1cc(Oc2ccc(F)cc2)ccn1. The molecule has 1 aromatic carbocycles. The number of nitrogens with zero attached hydrogens (tertiary/aromatic N) is 1. The lowest BCUT2D eigenvalue weighted by Gasteiger charge is -2.07. The Morgan fingerprint density at radius 3 is 2.68 bits per heavy atom. The molecule has 0 aliphatic rings. The van der Waals surface area contributed by atoms with Gasteiger partial charge in [0.05, 0.1) is 12.2 Å². The van der Waals surface area contributed by atoms with Crippen molar-refractivity contribution in [3.63, 3.8) is 0 Å². The Morgan fingerprint density at radius 2 is 2.00 bits per heavy atom. The van der Waals surface area contributed by atoms with E-state index in [1.807, 2.05) is 0 Å². The molecule has 0 saturated heterocycles. The Morgan fingerprint density at radius 1 is 1.26 bits per heavy atom. The van der Waals surface area contributed by atoms with E-state index in [9.17, 15) is 9.18 Å². The van der Waals surface area contributed by atoms with E-state index in [0.717, 1.165) is 0 Å². The number of halogens is 1. The molecule has 0 fully saturated rings. The van der Waals surface area contributed by atoms with Crippen molar-refractivity contribution in [2.45, 2.75) is 13.5 Å². The Hall–Kier alpha value is -2.43. The maximum atomic E-state index is 12.8. The molecule has 0 saturated carbocycles. The zero-order chi connectivity index (χ0) is 13.7. The summed E-state index contributed by atoms with van der Waals surface area (Å²) in [5.74, 6) is 0.695. The fourth-order valence-electron chi connectivity index (χ4n) is 1.47. The number of hydrogen-bond acceptors (Lipinski definition) is 3. The van der Waals surface area contributed by atoms with Crippen molar-refractivity contribution >= 4 is 5.91 Å². The van der Waals surface area contributed by atoms with Gasteiger partial charge in [0.25, 0.3) is 0 Å². The molecular formula is C14H13FN2O2. The van der Waals surface area contributed by atoms with Crippen LogP contribution in [0.2, 0.25) is 0 Å². The van der Waals surface area contributed by atoms with Crippen LogP contribution in [0.15, 0.2) is 42.6 Å². The first-order valence-corrected chi connectivity index (χ1v) is 5.76. The number of ether oxygens (including phenoxy) is 1. The topological polar surface area (TPSA) is 51.2 Å². The molecule has 2 rings (SSSR count). The average molecular weight is 260 g/mol. The molecule has 0 bridgehead atoms. The van der Waals surface area contributed by atoms with Crippen LogP contribution in [0.3, 0.4) is 0 Å². The smallest absolute Gasteiger partial charge is 0.217 e. The van der Waals surface area contributed by atoms with Gasteiger partial charge in [0.1, 0.15) is 17.3 Å². The summed E-state index contributed by atoms with van der Waals surface area (Å²) in [5, 5.41) is 2.65. The highest BCUT2D eigenvalue weighted by Gasteiger charge is 2.01. The Kier molecular flexibility index (Phi) is 4.07. The molecule has 1 amide bonds. The molecule has 0 unspecified atom stereocenters. The number of aromatic nitrogens is 1. The number of hydrogen-bond donors (Lipinski definition) is 1. The highest BCUT2D eigenvalue weighted by atomic mass is 19.1. The van der Waals surface area contributed by atoms with Crippen molar-refractivity contribution in [1.29, 1.82) is 0 Å². The minimum Gasteiger partial charge on any atom is -0.457 e. The summed E-state index contributed by atoms with van der Waals surface area (Å²) in [4.78, 5) is 14.9. The molecule has 1 aromatic heterocycles. The number of amides is 1. The molecule has 2 aromatic rings. The third-order valence-electron chi connectivity index (χ3n) is 2.36. The van der Waals surface area contributed by atoms with Crippen LogP contribution in [0.5, 0.6) is 11.5 Å². The number of pyridine rings is 1. The summed E-state index contributed by atoms with van der Waals surface area (Å²) in [5.41, 5.74) is 0.690. The number of benzene rings is 1. The van der Waals surface area contributed by atoms with E-state index in [2.05, 4.69) is 10.3 Å². The molecule has 1 heterocycles. The largest absolute Gasteiger partial charge is 0.457 e. The minimum absolute atomic E-state index is 0.119. The Bertz CT molecular complexity index is 570. The van der Waals surface area contributed by atoms with E-state index in [1.54, 1.807) is 30.5 Å². The van der Waals surface area contributed by atoms with Crippen molar-refractivity contribution in [2.75, 3.05) is 0 Å². The van der Waals surface area contributed by atoms with Gasteiger partial charge in [-0.05, 0) is 30.3 Å². The number of carbonyl (C=O) groups excluding carboxylic acids is 1. The van der Waals surface area contributed by atoms with Gasteiger partial charge in [-0.1, -0.05) is 0 Å². The zero-order valence-corrected chi connectivity index (χ0v) is 10.4. The summed E-state index contributed by atoms with van der Waals surface area (Å²) in [7, 11) is 0. The standard InChI is InChI=1S/C14H13FN2O2/c1-10(18)17-9-12-8-14(6-7-16-12)19-13-4-2-11(15)3-5-13/h2-8H,9H2,1H3,(H,17,18). The zero-order valence-electron chi connectivity index (χ0n) is 10.4. The molecule has 0 radical (unpaired) electrons. The van der Waals surface area contributed by atoms with Gasteiger partial charge in [0, 0.05) is 19.2 Å². The second kappa shape index (κ2) is 5.95. The second-order valence-corrected chi connectivity index (χ2v) is 3.95. The first-order chi connectivity index (χ1) is 9.13. The van der Waals surface area contributed by atoms with Crippen LogP contribution in [0.4, 0.5) is 4.39 Å². The van der Waals surface area contributed by atoms with Gasteiger partial charge in [-0.15, -0.1) is 0 Å². The minimum atomic E-state index is -0.312. The summed E-state index contributed by atoms with van der Waals surface area (Å²) in [6.07, 6.45) is 1.59. The second-order valence-electron chi connectivity index (χ2n) is 3.95. The van der Waals surface area contributed by atoms with Crippen LogP contribution in [-0.2, 0) is 11.3 Å². The van der Waals surface area contributed by atoms with Crippen LogP contribution < -0.4 is 10.1 Å². The van der Waals surface area contributed by atoms with Crippen molar-refractivity contribution in [2.24, 2.45) is 0 Å². The number of rotatable bonds is 4. The van der Waals surface area contributed by atoms with E-state index in [1.165, 1.54) is 19.1 Å². The van der Waals surface area contributed by atoms with Gasteiger partial charge >= 0.3 is 0 Å². The van der Waals surface area contributed by atoms with Crippen molar-refractivity contribution in [3.05, 3.63) is 54.1 Å². The van der Waals surface area contributed by atoms with Crippen molar-refractivity contribution in [1.82, 2.24) is 10.3 Å². The Balaban J connectivity index is 2.06. The summed E-state index contributed by atoms with van der Waals surface area (Å²) >= 11 is 0. The van der Waals surface area contributed by atoms with E-state index < -0.39 is 0 Å². The molecule has 98 valence electrons. The van der Waals surface area contributed by atoms with Gasteiger partial charge in [0.15, 0.2) is 0 Å². The predicted molar refractivity (Wildman–Crippen MR) is 68.2 cm³/mol. The Labute approximate surface area is 110 Å². The number of nitrogens with one attached hydrogen (secondary N) is 1. The van der Waals surface area contributed by atoms with Crippen LogP contribution >= 0.6 is 0 Å². The highest BCUT2D eigenvalue weighted by Crippen LogP contribution is 2.21. The van der Waals surface area contributed by atoms with Gasteiger partial charge in [-0.2, -0.15) is 0 Å². The average Bonchev–Trinajstić information content (AvgIpc) is 2.40. The van der Waals surface area contributed by atoms with Crippen molar-refractivity contribution < 1.29 is 13.9 Å². The third kappa shape index (κ3) is 4.06. The van der Waals surface area contributed by atoms with Crippen LogP contribution in [-0.4, -0.2) is 10.9 Å². The van der Waals surface area contributed by atoms with Crippen LogP contribution in [0, 0.1) is 5.82 Å². The lowest BCUT2D eigenvalue weighted by molar-refractivity contribution is -0.119. The third-order valence-corrected chi connectivity index (χ3v) is 2.36. The molecule has 0 spiro atoms. The maximum absolute atomic E-state index is 12.8. The van der Waals surface area contributed by atoms with Crippen LogP contribution in [0.25, 0.3) is 0 Å². The normalized spacial score (nSPS) is 10.0. The summed E-state index contributed by atoms with van der Waals surface area (Å²) in [6, 6.07) is 9.16. The van der Waals surface area contributed by atoms with Gasteiger partial charge in [-0.3, -0.25) is 9.78 Å². The monoisotopic (exact) mass is 260 g/mol. The fraction of sp³-hybridized carbons (Fsp3) is 0.143.